The van der Waals surface area contributed by atoms with E-state index in [1.807, 2.05) is 18.2 Å². The minimum absolute atomic E-state index is 0.431. The van der Waals surface area contributed by atoms with E-state index < -0.39 is 0 Å². The zero-order valence-corrected chi connectivity index (χ0v) is 8.91. The summed E-state index contributed by atoms with van der Waals surface area (Å²) in [4.78, 5) is 0. The third-order valence-corrected chi connectivity index (χ3v) is 3.22. The fourth-order valence-electron chi connectivity index (χ4n) is 1.42. The SMILES string of the molecule is Oc1ccc2ccccc2[c]1[AlH2]. The van der Waals surface area contributed by atoms with Gasteiger partial charge in [-0.25, -0.2) is 0 Å². The quantitative estimate of drug-likeness (QED) is 0.583. The van der Waals surface area contributed by atoms with Gasteiger partial charge >= 0.3 is 0 Å². The van der Waals surface area contributed by atoms with Crippen LogP contribution in [0.4, 0.5) is 0 Å². The van der Waals surface area contributed by atoms with Crippen molar-refractivity contribution in [3.8, 4) is 5.75 Å². The summed E-state index contributed by atoms with van der Waals surface area (Å²) in [5.41, 5.74) is 0. The zero-order chi connectivity index (χ0) is 8.55. The van der Waals surface area contributed by atoms with Crippen LogP contribution < -0.4 is 4.43 Å². The molecule has 0 aliphatic rings. The van der Waals surface area contributed by atoms with E-state index in [1.54, 1.807) is 6.07 Å². The molecule has 0 atom stereocenters. The van der Waals surface area contributed by atoms with Gasteiger partial charge < -0.3 is 5.11 Å². The van der Waals surface area contributed by atoms with Crippen LogP contribution in [-0.4, -0.2) is 21.4 Å². The van der Waals surface area contributed by atoms with E-state index in [4.69, 9.17) is 0 Å². The molecule has 0 spiro atoms. The Bertz CT molecular complexity index is 423. The van der Waals surface area contributed by atoms with Crippen LogP contribution in [0, 0.1) is 0 Å². The molecule has 2 aromatic carbocycles. The number of hydrogen-bond acceptors (Lipinski definition) is 1. The molecule has 0 unspecified atom stereocenters. The fourth-order valence-corrected chi connectivity index (χ4v) is 2.04. The molecule has 2 aromatic rings. The van der Waals surface area contributed by atoms with E-state index in [-0.39, 0.29) is 0 Å². The zero-order valence-electron chi connectivity index (χ0n) is 6.91. The summed E-state index contributed by atoms with van der Waals surface area (Å²) in [7, 11) is 0. The van der Waals surface area contributed by atoms with Crippen LogP contribution in [0.15, 0.2) is 36.4 Å². The van der Waals surface area contributed by atoms with Gasteiger partial charge in [-0.05, 0) is 16.8 Å². The molecule has 12 heavy (non-hydrogen) atoms. The third kappa shape index (κ3) is 1.10. The van der Waals surface area contributed by atoms with Crippen molar-refractivity contribution in [3.63, 3.8) is 0 Å². The van der Waals surface area contributed by atoms with Crippen LogP contribution in [0.25, 0.3) is 10.8 Å². The number of phenols is 1. The second-order valence-electron chi connectivity index (χ2n) is 2.93. The van der Waals surface area contributed by atoms with E-state index in [9.17, 15) is 5.11 Å². The standard InChI is InChI=1S/C10H7O.Al.2H/c11-10-6-5-8-3-1-2-4-9(8)7-10;;;/h1-6,11H;;;. The van der Waals surface area contributed by atoms with Gasteiger partial charge in [-0.3, -0.25) is 0 Å². The van der Waals surface area contributed by atoms with Crippen molar-refractivity contribution < 1.29 is 5.11 Å². The summed E-state index contributed by atoms with van der Waals surface area (Å²) in [6.45, 7) is 0. The molecule has 1 N–H and O–H groups in total. The first-order valence-corrected chi connectivity index (χ1v) is 4.96. The van der Waals surface area contributed by atoms with E-state index in [2.05, 4.69) is 12.1 Å². The van der Waals surface area contributed by atoms with Crippen molar-refractivity contribution in [2.75, 3.05) is 0 Å². The smallest absolute Gasteiger partial charge is 0.266 e. The minimum atomic E-state index is 0.431. The Morgan fingerprint density at radius 3 is 2.58 bits per heavy atom. The minimum Gasteiger partial charge on any atom is -0.509 e. The van der Waals surface area contributed by atoms with Gasteiger partial charge in [0, 0.05) is 0 Å². The molecule has 0 amide bonds. The Morgan fingerprint density at radius 1 is 1.00 bits per heavy atom. The van der Waals surface area contributed by atoms with Gasteiger partial charge in [0.05, 0.1) is 0 Å². The van der Waals surface area contributed by atoms with Crippen molar-refractivity contribution in [2.24, 2.45) is 0 Å². The maximum Gasteiger partial charge on any atom is 0.266 e. The number of aromatic hydroxyl groups is 1. The van der Waals surface area contributed by atoms with E-state index >= 15 is 0 Å². The topological polar surface area (TPSA) is 20.2 Å². The predicted molar refractivity (Wildman–Crippen MR) is 53.8 cm³/mol. The summed E-state index contributed by atoms with van der Waals surface area (Å²) in [6, 6.07) is 11.9. The van der Waals surface area contributed by atoms with E-state index in [1.165, 1.54) is 10.8 Å². The van der Waals surface area contributed by atoms with Crippen LogP contribution in [0.3, 0.4) is 0 Å². The maximum absolute atomic E-state index is 9.45. The second-order valence-corrected chi connectivity index (χ2v) is 3.93. The summed E-state index contributed by atoms with van der Waals surface area (Å²) in [5, 5.41) is 11.8. The maximum atomic E-state index is 9.45. The highest BCUT2D eigenvalue weighted by Crippen LogP contribution is 2.15. The molecule has 0 saturated heterocycles. The number of benzene rings is 2. The Labute approximate surface area is 79.1 Å². The molecule has 1 nitrogen and oxygen atoms in total. The molecular weight excluding hydrogens is 163 g/mol. The van der Waals surface area contributed by atoms with Crippen molar-refractivity contribution in [1.29, 1.82) is 0 Å². The predicted octanol–water partition coefficient (Wildman–Crippen LogP) is 0.804. The van der Waals surface area contributed by atoms with Crippen LogP contribution in [0.5, 0.6) is 5.75 Å². The summed E-state index contributed by atoms with van der Waals surface area (Å²) in [6.07, 6.45) is 0. The Balaban J connectivity index is 2.91. The number of hydrogen-bond donors (Lipinski definition) is 1. The average molecular weight is 172 g/mol. The summed E-state index contributed by atoms with van der Waals surface area (Å²) < 4.78 is 1.09. The summed E-state index contributed by atoms with van der Waals surface area (Å²) in [5.74, 6) is 0.431. The van der Waals surface area contributed by atoms with Gasteiger partial charge in [-0.1, -0.05) is 34.8 Å². The van der Waals surface area contributed by atoms with Crippen molar-refractivity contribution >= 4 is 31.5 Å². The van der Waals surface area contributed by atoms with Gasteiger partial charge in [0.2, 0.25) is 0 Å². The van der Waals surface area contributed by atoms with E-state index in [0.717, 1.165) is 20.7 Å². The molecule has 58 valence electrons. The molecule has 0 aromatic heterocycles. The largest absolute Gasteiger partial charge is 0.509 e. The van der Waals surface area contributed by atoms with Crippen molar-refractivity contribution in [1.82, 2.24) is 0 Å². The van der Waals surface area contributed by atoms with Gasteiger partial charge in [0.25, 0.3) is 16.3 Å². The molecule has 0 radical (unpaired) electrons. The van der Waals surface area contributed by atoms with Crippen molar-refractivity contribution in [2.45, 2.75) is 0 Å². The number of fused-ring (bicyclic) bond motifs is 1. The van der Waals surface area contributed by atoms with E-state index in [0.29, 0.717) is 5.75 Å². The lowest BCUT2D eigenvalue weighted by atomic mass is 10.1. The number of phenolic OH excluding ortho intramolecular Hbond substituents is 1. The first-order chi connectivity index (χ1) is 5.79. The highest BCUT2D eigenvalue weighted by atomic mass is 27.0. The Hall–Kier alpha value is -0.968. The normalized spacial score (nSPS) is 10.3. The highest BCUT2D eigenvalue weighted by Gasteiger charge is 1.99. The molecule has 0 heterocycles. The van der Waals surface area contributed by atoms with Gasteiger partial charge in [-0.15, -0.1) is 0 Å². The molecule has 0 fully saturated rings. The molecule has 0 aliphatic heterocycles. The molecular formula is C10H9AlO. The average Bonchev–Trinajstić information content (AvgIpc) is 2.12. The lowest BCUT2D eigenvalue weighted by Gasteiger charge is -2.03. The van der Waals surface area contributed by atoms with Crippen LogP contribution >= 0.6 is 0 Å². The summed E-state index contributed by atoms with van der Waals surface area (Å²) >= 11 is 0.889. The monoisotopic (exact) mass is 172 g/mol. The van der Waals surface area contributed by atoms with Gasteiger partial charge in [-0.2, -0.15) is 0 Å². The second kappa shape index (κ2) is 2.82. The third-order valence-electron chi connectivity index (χ3n) is 2.17. The molecule has 2 rings (SSSR count). The van der Waals surface area contributed by atoms with Crippen molar-refractivity contribution in [3.05, 3.63) is 36.4 Å². The Morgan fingerprint density at radius 2 is 1.75 bits per heavy atom. The highest BCUT2D eigenvalue weighted by molar-refractivity contribution is 6.40. The molecule has 0 saturated carbocycles. The molecule has 2 heteroatoms. The first-order valence-electron chi connectivity index (χ1n) is 3.96. The lowest BCUT2D eigenvalue weighted by Crippen LogP contribution is -2.03. The molecule has 0 bridgehead atoms. The van der Waals surface area contributed by atoms with Gasteiger partial charge in [0.15, 0.2) is 0 Å². The fraction of sp³-hybridized carbons (Fsp3) is 0. The Kier molecular flexibility index (Phi) is 1.80. The van der Waals surface area contributed by atoms with Crippen LogP contribution in [-0.2, 0) is 0 Å². The van der Waals surface area contributed by atoms with Crippen LogP contribution in [0.1, 0.15) is 0 Å². The number of rotatable bonds is 0. The van der Waals surface area contributed by atoms with Crippen LogP contribution in [0.2, 0.25) is 0 Å². The molecule has 0 aliphatic carbocycles. The first kappa shape index (κ1) is 7.67. The van der Waals surface area contributed by atoms with Gasteiger partial charge in [0.1, 0.15) is 5.75 Å². The lowest BCUT2D eigenvalue weighted by molar-refractivity contribution is 0.480.